The molecule has 0 saturated heterocycles. The van der Waals surface area contributed by atoms with Crippen molar-refractivity contribution in [1.82, 2.24) is 9.55 Å². The molecule has 1 aromatic heterocycles. The molecule has 0 radical (unpaired) electrons. The van der Waals surface area contributed by atoms with Gasteiger partial charge in [-0.2, -0.15) is 0 Å². The second-order valence-corrected chi connectivity index (χ2v) is 7.04. The van der Waals surface area contributed by atoms with Crippen molar-refractivity contribution < 1.29 is 9.53 Å². The van der Waals surface area contributed by atoms with Crippen LogP contribution < -0.4 is 10.1 Å². The zero-order valence-corrected chi connectivity index (χ0v) is 15.7. The van der Waals surface area contributed by atoms with Crippen molar-refractivity contribution in [3.05, 3.63) is 71.3 Å². The maximum Gasteiger partial charge on any atom is 0.274 e. The van der Waals surface area contributed by atoms with E-state index in [4.69, 9.17) is 17.0 Å². The molecular formula is C21H21N3O2S. The maximum atomic E-state index is 12.8. The number of imidazole rings is 1. The third-order valence-corrected chi connectivity index (χ3v) is 5.02. The fourth-order valence-electron chi connectivity index (χ4n) is 3.41. The van der Waals surface area contributed by atoms with Gasteiger partial charge in [0.1, 0.15) is 11.4 Å². The van der Waals surface area contributed by atoms with Crippen molar-refractivity contribution in [3.8, 4) is 11.4 Å². The Kier molecular flexibility index (Phi) is 5.07. The van der Waals surface area contributed by atoms with Crippen molar-refractivity contribution in [2.24, 2.45) is 0 Å². The van der Waals surface area contributed by atoms with Crippen LogP contribution in [0.5, 0.6) is 5.75 Å². The highest BCUT2D eigenvalue weighted by atomic mass is 32.1. The van der Waals surface area contributed by atoms with E-state index in [9.17, 15) is 4.79 Å². The zero-order valence-electron chi connectivity index (χ0n) is 14.9. The predicted octanol–water partition coefficient (Wildman–Crippen LogP) is 5.11. The molecule has 4 rings (SSSR count). The Hall–Kier alpha value is -2.86. The van der Waals surface area contributed by atoms with E-state index in [1.54, 1.807) is 10.8 Å². The van der Waals surface area contributed by atoms with Gasteiger partial charge < -0.3 is 15.0 Å². The highest BCUT2D eigenvalue weighted by Crippen LogP contribution is 2.26. The molecule has 0 spiro atoms. The summed E-state index contributed by atoms with van der Waals surface area (Å²) in [7, 11) is 0. The van der Waals surface area contributed by atoms with Crippen molar-refractivity contribution in [3.63, 3.8) is 0 Å². The summed E-state index contributed by atoms with van der Waals surface area (Å²) in [5.41, 5.74) is 1.99. The van der Waals surface area contributed by atoms with Gasteiger partial charge in [0.15, 0.2) is 4.77 Å². The number of anilines is 1. The van der Waals surface area contributed by atoms with Crippen LogP contribution in [0.15, 0.2) is 60.8 Å². The number of H-pyrrole nitrogens is 1. The summed E-state index contributed by atoms with van der Waals surface area (Å²) in [5, 5.41) is 2.94. The van der Waals surface area contributed by atoms with E-state index < -0.39 is 0 Å². The van der Waals surface area contributed by atoms with Gasteiger partial charge in [-0.3, -0.25) is 9.36 Å². The highest BCUT2D eigenvalue weighted by Gasteiger charge is 2.17. The van der Waals surface area contributed by atoms with E-state index in [1.165, 1.54) is 12.8 Å². The Balaban J connectivity index is 1.54. The van der Waals surface area contributed by atoms with Gasteiger partial charge in [-0.05, 0) is 62.2 Å². The average molecular weight is 379 g/mol. The minimum Gasteiger partial charge on any atom is -0.490 e. The van der Waals surface area contributed by atoms with Gasteiger partial charge >= 0.3 is 0 Å². The van der Waals surface area contributed by atoms with Gasteiger partial charge in [0.05, 0.1) is 6.10 Å². The lowest BCUT2D eigenvalue weighted by atomic mass is 10.2. The van der Waals surface area contributed by atoms with Gasteiger partial charge in [-0.25, -0.2) is 0 Å². The Labute approximate surface area is 163 Å². The fourth-order valence-corrected chi connectivity index (χ4v) is 3.67. The van der Waals surface area contributed by atoms with Crippen LogP contribution in [0.25, 0.3) is 5.69 Å². The second-order valence-electron chi connectivity index (χ2n) is 6.66. The summed E-state index contributed by atoms with van der Waals surface area (Å²) in [6.45, 7) is 0. The summed E-state index contributed by atoms with van der Waals surface area (Å²) in [5.74, 6) is 0.554. The minimum atomic E-state index is -0.232. The molecule has 27 heavy (non-hydrogen) atoms. The van der Waals surface area contributed by atoms with E-state index in [-0.39, 0.29) is 12.0 Å². The number of hydrogen-bond acceptors (Lipinski definition) is 3. The van der Waals surface area contributed by atoms with Crippen LogP contribution in [0, 0.1) is 4.77 Å². The number of rotatable bonds is 5. The smallest absolute Gasteiger partial charge is 0.274 e. The predicted molar refractivity (Wildman–Crippen MR) is 108 cm³/mol. The lowest BCUT2D eigenvalue weighted by Gasteiger charge is -2.14. The van der Waals surface area contributed by atoms with E-state index in [0.717, 1.165) is 24.3 Å². The maximum absolute atomic E-state index is 12.8. The first-order valence-electron chi connectivity index (χ1n) is 9.14. The Morgan fingerprint density at radius 1 is 1.11 bits per heavy atom. The van der Waals surface area contributed by atoms with Crippen LogP contribution in [0.4, 0.5) is 5.69 Å². The van der Waals surface area contributed by atoms with Crippen LogP contribution in [-0.4, -0.2) is 21.6 Å². The molecule has 0 bridgehead atoms. The SMILES string of the molecule is O=C(Nc1cccc(OC2CCCC2)c1)c1c[nH]c(=S)n1-c1ccccc1. The largest absolute Gasteiger partial charge is 0.490 e. The molecule has 1 aliphatic rings. The first-order chi connectivity index (χ1) is 13.2. The number of carbonyl (C=O) groups is 1. The topological polar surface area (TPSA) is 59.0 Å². The standard InChI is InChI=1S/C21H21N3O2S/c25-20(19-14-22-21(27)24(19)16-8-2-1-3-9-16)23-15-7-6-12-18(13-15)26-17-10-4-5-11-17/h1-3,6-9,12-14,17H,4-5,10-11H2,(H,22,27)(H,23,25). The van der Waals surface area contributed by atoms with Crippen LogP contribution in [0.2, 0.25) is 0 Å². The van der Waals surface area contributed by atoms with Crippen molar-refractivity contribution in [2.75, 3.05) is 5.32 Å². The number of aromatic amines is 1. The summed E-state index contributed by atoms with van der Waals surface area (Å²) in [6.07, 6.45) is 6.54. The molecule has 138 valence electrons. The monoisotopic (exact) mass is 379 g/mol. The van der Waals surface area contributed by atoms with Crippen LogP contribution in [-0.2, 0) is 0 Å². The summed E-state index contributed by atoms with van der Waals surface area (Å²) in [6, 6.07) is 17.1. The number of aromatic nitrogens is 2. The number of nitrogens with one attached hydrogen (secondary N) is 2. The number of ether oxygens (including phenoxy) is 1. The number of carbonyl (C=O) groups excluding carboxylic acids is 1. The van der Waals surface area contributed by atoms with Crippen molar-refractivity contribution in [1.29, 1.82) is 0 Å². The molecule has 5 nitrogen and oxygen atoms in total. The Bertz CT molecular complexity index is 988. The molecule has 1 amide bonds. The third kappa shape index (κ3) is 3.95. The number of amides is 1. The molecule has 2 N–H and O–H groups in total. The number of hydrogen-bond donors (Lipinski definition) is 2. The molecule has 2 aromatic carbocycles. The van der Waals surface area contributed by atoms with Gasteiger partial charge in [0.25, 0.3) is 5.91 Å². The van der Waals surface area contributed by atoms with Gasteiger partial charge in [0, 0.05) is 23.6 Å². The minimum absolute atomic E-state index is 0.232. The first-order valence-corrected chi connectivity index (χ1v) is 9.55. The van der Waals surface area contributed by atoms with Crippen LogP contribution >= 0.6 is 12.2 Å². The summed E-state index contributed by atoms with van der Waals surface area (Å²) >= 11 is 5.35. The second kappa shape index (κ2) is 7.80. The summed E-state index contributed by atoms with van der Waals surface area (Å²) < 4.78 is 8.22. The zero-order chi connectivity index (χ0) is 18.6. The normalized spacial score (nSPS) is 14.2. The molecule has 1 saturated carbocycles. The number of para-hydroxylation sites is 1. The molecule has 0 unspecified atom stereocenters. The van der Waals surface area contributed by atoms with Crippen molar-refractivity contribution >= 4 is 23.8 Å². The molecule has 0 atom stereocenters. The molecule has 3 aromatic rings. The van der Waals surface area contributed by atoms with Crippen molar-refractivity contribution in [2.45, 2.75) is 31.8 Å². The lowest BCUT2D eigenvalue weighted by Crippen LogP contribution is -2.16. The molecule has 1 aliphatic carbocycles. The first kappa shape index (κ1) is 17.5. The van der Waals surface area contributed by atoms with Gasteiger partial charge in [-0.1, -0.05) is 24.3 Å². The number of nitrogens with zero attached hydrogens (tertiary/aromatic N) is 1. The third-order valence-electron chi connectivity index (χ3n) is 4.72. The molecule has 1 fully saturated rings. The molecule has 0 aliphatic heterocycles. The van der Waals surface area contributed by atoms with Gasteiger partial charge in [0.2, 0.25) is 0 Å². The van der Waals surface area contributed by atoms with E-state index in [1.807, 2.05) is 54.6 Å². The average Bonchev–Trinajstić information content (AvgIpc) is 3.32. The molecule has 6 heteroatoms. The Morgan fingerprint density at radius 2 is 1.89 bits per heavy atom. The van der Waals surface area contributed by atoms with E-state index in [2.05, 4.69) is 10.3 Å². The van der Waals surface area contributed by atoms with Gasteiger partial charge in [-0.15, -0.1) is 0 Å². The van der Waals surface area contributed by atoms with Crippen LogP contribution in [0.1, 0.15) is 36.2 Å². The highest BCUT2D eigenvalue weighted by molar-refractivity contribution is 7.71. The molecular weight excluding hydrogens is 358 g/mol. The fraction of sp³-hybridized carbons (Fsp3) is 0.238. The quantitative estimate of drug-likeness (QED) is 0.606. The lowest BCUT2D eigenvalue weighted by molar-refractivity contribution is 0.102. The van der Waals surface area contributed by atoms with E-state index in [0.29, 0.717) is 16.2 Å². The van der Waals surface area contributed by atoms with E-state index >= 15 is 0 Å². The Morgan fingerprint density at radius 3 is 2.67 bits per heavy atom. The van der Waals surface area contributed by atoms with Crippen LogP contribution in [0.3, 0.4) is 0 Å². The molecule has 1 heterocycles. The number of benzene rings is 2. The summed E-state index contributed by atoms with van der Waals surface area (Å²) in [4.78, 5) is 15.8.